The standard InChI is InChI=1S/C26H19FN2O5/c1-2-33-25(31)18-9-11-22(12-10-18)29-24(30)20(16-28)13-17-5-3-8-23(14-17)34-26(32)19-6-4-7-21(27)15-19/h3-15H,2H2,1H3,(H,29,30)/b20-13+. The van der Waals surface area contributed by atoms with E-state index in [1.165, 1.54) is 60.7 Å². The van der Waals surface area contributed by atoms with Gasteiger partial charge in [0.05, 0.1) is 17.7 Å². The minimum Gasteiger partial charge on any atom is -0.462 e. The molecule has 0 aliphatic rings. The van der Waals surface area contributed by atoms with E-state index in [0.717, 1.165) is 6.07 Å². The molecule has 1 N–H and O–H groups in total. The number of hydrogen-bond acceptors (Lipinski definition) is 6. The molecule has 0 aromatic heterocycles. The van der Waals surface area contributed by atoms with Gasteiger partial charge in [0.1, 0.15) is 23.2 Å². The van der Waals surface area contributed by atoms with Crippen LogP contribution in [0.25, 0.3) is 6.08 Å². The van der Waals surface area contributed by atoms with Crippen LogP contribution in [0, 0.1) is 17.1 Å². The van der Waals surface area contributed by atoms with E-state index in [1.807, 2.05) is 6.07 Å². The number of carbonyl (C=O) groups excluding carboxylic acids is 3. The molecule has 3 aromatic carbocycles. The van der Waals surface area contributed by atoms with Gasteiger partial charge in [0.15, 0.2) is 0 Å². The fourth-order valence-electron chi connectivity index (χ4n) is 2.87. The molecule has 7 nitrogen and oxygen atoms in total. The minimum atomic E-state index is -0.745. The number of nitriles is 1. The first-order valence-corrected chi connectivity index (χ1v) is 10.2. The largest absolute Gasteiger partial charge is 0.462 e. The Morgan fingerprint density at radius 1 is 0.971 bits per heavy atom. The van der Waals surface area contributed by atoms with Crippen molar-refractivity contribution in [1.82, 2.24) is 0 Å². The first-order chi connectivity index (χ1) is 16.4. The summed E-state index contributed by atoms with van der Waals surface area (Å²) >= 11 is 0. The molecular formula is C26H19FN2O5. The summed E-state index contributed by atoms with van der Waals surface area (Å²) in [4.78, 5) is 36.5. The third kappa shape index (κ3) is 6.37. The lowest BCUT2D eigenvalue weighted by Crippen LogP contribution is -2.13. The Bertz CT molecular complexity index is 1290. The Labute approximate surface area is 195 Å². The van der Waals surface area contributed by atoms with Crippen molar-refractivity contribution < 1.29 is 28.2 Å². The maximum Gasteiger partial charge on any atom is 0.343 e. The summed E-state index contributed by atoms with van der Waals surface area (Å²) < 4.78 is 23.5. The number of benzene rings is 3. The smallest absolute Gasteiger partial charge is 0.343 e. The molecule has 0 fully saturated rings. The van der Waals surface area contributed by atoms with Crippen LogP contribution in [-0.2, 0) is 9.53 Å². The van der Waals surface area contributed by atoms with Crippen LogP contribution in [0.5, 0.6) is 5.75 Å². The molecule has 0 spiro atoms. The molecule has 0 bridgehead atoms. The average molecular weight is 458 g/mol. The van der Waals surface area contributed by atoms with Crippen molar-refractivity contribution in [3.05, 3.63) is 101 Å². The van der Waals surface area contributed by atoms with Crippen molar-refractivity contribution >= 4 is 29.6 Å². The number of amides is 1. The normalized spacial score (nSPS) is 10.7. The van der Waals surface area contributed by atoms with Crippen LogP contribution in [0.15, 0.2) is 78.4 Å². The molecule has 0 radical (unpaired) electrons. The molecule has 1 amide bonds. The highest BCUT2D eigenvalue weighted by molar-refractivity contribution is 6.09. The van der Waals surface area contributed by atoms with Crippen molar-refractivity contribution in [3.63, 3.8) is 0 Å². The van der Waals surface area contributed by atoms with Crippen LogP contribution in [0.4, 0.5) is 10.1 Å². The van der Waals surface area contributed by atoms with Crippen LogP contribution in [0.3, 0.4) is 0 Å². The van der Waals surface area contributed by atoms with Gasteiger partial charge in [0.2, 0.25) is 0 Å². The Balaban J connectivity index is 1.71. The fraction of sp³-hybridized carbons (Fsp3) is 0.0769. The SMILES string of the molecule is CCOC(=O)c1ccc(NC(=O)/C(C#N)=C/c2cccc(OC(=O)c3cccc(F)c3)c2)cc1. The van der Waals surface area contributed by atoms with Gasteiger partial charge in [-0.3, -0.25) is 4.79 Å². The number of carbonyl (C=O) groups is 3. The van der Waals surface area contributed by atoms with Crippen molar-refractivity contribution in [2.75, 3.05) is 11.9 Å². The van der Waals surface area contributed by atoms with Crippen LogP contribution in [0.2, 0.25) is 0 Å². The van der Waals surface area contributed by atoms with Gasteiger partial charge in [-0.2, -0.15) is 5.26 Å². The first-order valence-electron chi connectivity index (χ1n) is 10.2. The highest BCUT2D eigenvalue weighted by Crippen LogP contribution is 2.19. The summed E-state index contributed by atoms with van der Waals surface area (Å²) in [6.45, 7) is 1.95. The van der Waals surface area contributed by atoms with E-state index in [0.29, 0.717) is 16.8 Å². The zero-order valence-electron chi connectivity index (χ0n) is 18.1. The van der Waals surface area contributed by atoms with E-state index in [2.05, 4.69) is 5.32 Å². The number of ether oxygens (including phenoxy) is 2. The van der Waals surface area contributed by atoms with Gasteiger partial charge >= 0.3 is 11.9 Å². The first kappa shape index (κ1) is 23.9. The molecular weight excluding hydrogens is 439 g/mol. The monoisotopic (exact) mass is 458 g/mol. The van der Waals surface area contributed by atoms with E-state index in [1.54, 1.807) is 19.1 Å². The molecule has 34 heavy (non-hydrogen) atoms. The number of halogens is 1. The quantitative estimate of drug-likeness (QED) is 0.237. The average Bonchev–Trinajstić information content (AvgIpc) is 2.83. The van der Waals surface area contributed by atoms with Crippen molar-refractivity contribution in [2.24, 2.45) is 0 Å². The molecule has 3 rings (SSSR count). The summed E-state index contributed by atoms with van der Waals surface area (Å²) in [5.41, 5.74) is 1.02. The molecule has 8 heteroatoms. The number of hydrogen-bond donors (Lipinski definition) is 1. The second-order valence-corrected chi connectivity index (χ2v) is 6.89. The molecule has 0 atom stereocenters. The number of rotatable bonds is 7. The second-order valence-electron chi connectivity index (χ2n) is 6.89. The van der Waals surface area contributed by atoms with Gasteiger partial charge in [-0.25, -0.2) is 14.0 Å². The van der Waals surface area contributed by atoms with E-state index >= 15 is 0 Å². The third-order valence-corrected chi connectivity index (χ3v) is 4.46. The Hall–Kier alpha value is -4.77. The Morgan fingerprint density at radius 3 is 2.38 bits per heavy atom. The molecule has 0 aliphatic heterocycles. The highest BCUT2D eigenvalue weighted by atomic mass is 19.1. The van der Waals surface area contributed by atoms with Gasteiger partial charge in [0, 0.05) is 5.69 Å². The summed E-state index contributed by atoms with van der Waals surface area (Å²) in [5, 5.41) is 12.0. The number of nitrogens with one attached hydrogen (secondary N) is 1. The molecule has 0 saturated carbocycles. The molecule has 170 valence electrons. The lowest BCUT2D eigenvalue weighted by molar-refractivity contribution is -0.112. The summed E-state index contributed by atoms with van der Waals surface area (Å²) in [5.74, 6) is -2.28. The number of nitrogens with zero attached hydrogens (tertiary/aromatic N) is 1. The third-order valence-electron chi connectivity index (χ3n) is 4.46. The molecule has 0 saturated heterocycles. The second kappa shape index (κ2) is 11.2. The van der Waals surface area contributed by atoms with Gasteiger partial charge < -0.3 is 14.8 Å². The zero-order valence-corrected chi connectivity index (χ0v) is 18.1. The maximum atomic E-state index is 13.3. The minimum absolute atomic E-state index is 0.0482. The van der Waals surface area contributed by atoms with Crippen molar-refractivity contribution in [3.8, 4) is 11.8 Å². The molecule has 0 unspecified atom stereocenters. The predicted molar refractivity (Wildman–Crippen MR) is 122 cm³/mol. The Kier molecular flexibility index (Phi) is 7.87. The van der Waals surface area contributed by atoms with Crippen LogP contribution >= 0.6 is 0 Å². The number of esters is 2. The Morgan fingerprint density at radius 2 is 1.71 bits per heavy atom. The van der Waals surface area contributed by atoms with E-state index < -0.39 is 23.7 Å². The highest BCUT2D eigenvalue weighted by Gasteiger charge is 2.13. The number of anilines is 1. The topological polar surface area (TPSA) is 105 Å². The molecule has 3 aromatic rings. The van der Waals surface area contributed by atoms with E-state index in [9.17, 15) is 24.0 Å². The van der Waals surface area contributed by atoms with Gasteiger partial charge in [-0.05, 0) is 73.2 Å². The fourth-order valence-corrected chi connectivity index (χ4v) is 2.87. The van der Waals surface area contributed by atoms with Gasteiger partial charge in [-0.15, -0.1) is 0 Å². The van der Waals surface area contributed by atoms with Crippen LogP contribution in [-0.4, -0.2) is 24.5 Å². The summed E-state index contributed by atoms with van der Waals surface area (Å²) in [6.07, 6.45) is 1.34. The molecule has 0 aliphatic carbocycles. The summed E-state index contributed by atoms with van der Waals surface area (Å²) in [6, 6.07) is 19.2. The van der Waals surface area contributed by atoms with Gasteiger partial charge in [0.25, 0.3) is 5.91 Å². The van der Waals surface area contributed by atoms with E-state index in [-0.39, 0.29) is 23.5 Å². The van der Waals surface area contributed by atoms with Crippen molar-refractivity contribution in [1.29, 1.82) is 5.26 Å². The van der Waals surface area contributed by atoms with Crippen molar-refractivity contribution in [2.45, 2.75) is 6.92 Å². The maximum absolute atomic E-state index is 13.3. The lowest BCUT2D eigenvalue weighted by Gasteiger charge is -2.07. The van der Waals surface area contributed by atoms with E-state index in [4.69, 9.17) is 9.47 Å². The van der Waals surface area contributed by atoms with Crippen LogP contribution < -0.4 is 10.1 Å². The summed E-state index contributed by atoms with van der Waals surface area (Å²) in [7, 11) is 0. The van der Waals surface area contributed by atoms with Crippen LogP contribution in [0.1, 0.15) is 33.2 Å². The molecule has 0 heterocycles. The lowest BCUT2D eigenvalue weighted by atomic mass is 10.1. The van der Waals surface area contributed by atoms with Gasteiger partial charge in [-0.1, -0.05) is 18.2 Å². The predicted octanol–water partition coefficient (Wildman–Crippen LogP) is 4.77. The zero-order chi connectivity index (χ0) is 24.5.